The van der Waals surface area contributed by atoms with E-state index in [4.69, 9.17) is 0 Å². The van der Waals surface area contributed by atoms with Gasteiger partial charge in [0.1, 0.15) is 0 Å². The van der Waals surface area contributed by atoms with E-state index in [1.807, 2.05) is 0 Å². The Bertz CT molecular complexity index is 979. The minimum atomic E-state index is -4.51. The van der Waals surface area contributed by atoms with Crippen molar-refractivity contribution in [2.24, 2.45) is 0 Å². The zero-order valence-electron chi connectivity index (χ0n) is 14.6. The van der Waals surface area contributed by atoms with Crippen LogP contribution in [0.25, 0.3) is 5.82 Å². The van der Waals surface area contributed by atoms with E-state index < -0.39 is 11.9 Å². The summed E-state index contributed by atoms with van der Waals surface area (Å²) in [5, 5.41) is 6.39. The molecule has 1 aliphatic carbocycles. The van der Waals surface area contributed by atoms with E-state index in [1.54, 1.807) is 30.5 Å². The van der Waals surface area contributed by atoms with Crippen LogP contribution in [0.15, 0.2) is 48.8 Å². The fourth-order valence-electron chi connectivity index (χ4n) is 2.85. The van der Waals surface area contributed by atoms with Gasteiger partial charge in [0.05, 0.1) is 18.3 Å². The Morgan fingerprint density at radius 1 is 1.18 bits per heavy atom. The third kappa shape index (κ3) is 4.03. The number of rotatable bonds is 5. The molecule has 0 aromatic carbocycles. The predicted octanol–water partition coefficient (Wildman–Crippen LogP) is 3.74. The Kier molecular flexibility index (Phi) is 4.58. The molecule has 9 heteroatoms. The van der Waals surface area contributed by atoms with Gasteiger partial charge in [0, 0.05) is 23.5 Å². The number of amides is 1. The summed E-state index contributed by atoms with van der Waals surface area (Å²) in [6.07, 6.45) is 0.291. The van der Waals surface area contributed by atoms with E-state index in [9.17, 15) is 18.0 Å². The molecule has 1 aliphatic rings. The Morgan fingerprint density at radius 3 is 2.61 bits per heavy atom. The van der Waals surface area contributed by atoms with E-state index in [1.165, 1.54) is 16.9 Å². The van der Waals surface area contributed by atoms with Gasteiger partial charge in [-0.05, 0) is 43.2 Å². The molecule has 28 heavy (non-hydrogen) atoms. The number of hydrogen-bond donors (Lipinski definition) is 1. The van der Waals surface area contributed by atoms with Gasteiger partial charge in [-0.3, -0.25) is 9.78 Å². The highest BCUT2D eigenvalue weighted by Crippen LogP contribution is 2.42. The molecule has 1 N–H and O–H groups in total. The second-order valence-electron chi connectivity index (χ2n) is 6.59. The minimum absolute atomic E-state index is 0.0724. The number of pyridine rings is 2. The lowest BCUT2D eigenvalue weighted by molar-refractivity contribution is -0.141. The van der Waals surface area contributed by atoms with E-state index >= 15 is 0 Å². The van der Waals surface area contributed by atoms with Crippen molar-refractivity contribution < 1.29 is 18.0 Å². The van der Waals surface area contributed by atoms with Gasteiger partial charge in [-0.15, -0.1) is 0 Å². The second kappa shape index (κ2) is 7.06. The summed E-state index contributed by atoms with van der Waals surface area (Å²) in [5.74, 6) is 0.0913. The quantitative estimate of drug-likeness (QED) is 0.724. The van der Waals surface area contributed by atoms with Crippen LogP contribution in [0.2, 0.25) is 0 Å². The number of carbonyl (C=O) groups is 1. The van der Waals surface area contributed by atoms with Crippen molar-refractivity contribution in [2.75, 3.05) is 5.32 Å². The third-order valence-electron chi connectivity index (χ3n) is 4.34. The van der Waals surface area contributed by atoms with E-state index in [-0.39, 0.29) is 24.1 Å². The van der Waals surface area contributed by atoms with Crippen molar-refractivity contribution in [1.29, 1.82) is 0 Å². The number of nitrogens with one attached hydrogen (secondary N) is 1. The van der Waals surface area contributed by atoms with Crippen LogP contribution in [0.5, 0.6) is 0 Å². The summed E-state index contributed by atoms with van der Waals surface area (Å²) in [7, 11) is 0. The number of carbonyl (C=O) groups excluding carboxylic acids is 1. The Balaban J connectivity index is 1.50. The molecule has 0 aliphatic heterocycles. The zero-order valence-corrected chi connectivity index (χ0v) is 14.6. The minimum Gasteiger partial charge on any atom is -0.324 e. The smallest absolute Gasteiger partial charge is 0.324 e. The summed E-state index contributed by atoms with van der Waals surface area (Å²) in [4.78, 5) is 20.3. The van der Waals surface area contributed by atoms with Crippen molar-refractivity contribution in [3.05, 3.63) is 65.9 Å². The van der Waals surface area contributed by atoms with Gasteiger partial charge in [-0.25, -0.2) is 9.67 Å². The SMILES string of the molecule is O=C(Cc1ccccn1)Nc1ccc(-n2nc(C(F)(F)F)cc2C2CC2)nc1. The number of halogens is 3. The summed E-state index contributed by atoms with van der Waals surface area (Å²) < 4.78 is 40.3. The number of nitrogens with zero attached hydrogens (tertiary/aromatic N) is 4. The lowest BCUT2D eigenvalue weighted by atomic mass is 10.2. The molecule has 3 heterocycles. The van der Waals surface area contributed by atoms with Crippen LogP contribution in [0.4, 0.5) is 18.9 Å². The van der Waals surface area contributed by atoms with Gasteiger partial charge in [-0.1, -0.05) is 6.07 Å². The van der Waals surface area contributed by atoms with E-state index in [2.05, 4.69) is 20.4 Å². The monoisotopic (exact) mass is 387 g/mol. The molecule has 0 atom stereocenters. The van der Waals surface area contributed by atoms with E-state index in [0.717, 1.165) is 18.9 Å². The predicted molar refractivity (Wildman–Crippen MR) is 94.9 cm³/mol. The summed E-state index contributed by atoms with van der Waals surface area (Å²) in [6, 6.07) is 9.51. The Hall–Kier alpha value is -3.23. The highest BCUT2D eigenvalue weighted by molar-refractivity contribution is 5.91. The molecule has 0 spiro atoms. The first-order valence-electron chi connectivity index (χ1n) is 8.73. The second-order valence-corrected chi connectivity index (χ2v) is 6.59. The maximum absolute atomic E-state index is 13.0. The molecule has 0 unspecified atom stereocenters. The molecule has 0 bridgehead atoms. The number of aromatic nitrogens is 4. The summed E-state index contributed by atoms with van der Waals surface area (Å²) in [5.41, 5.74) is 0.659. The summed E-state index contributed by atoms with van der Waals surface area (Å²) in [6.45, 7) is 0. The van der Waals surface area contributed by atoms with Gasteiger partial charge in [0.2, 0.25) is 5.91 Å². The van der Waals surface area contributed by atoms with Crippen molar-refractivity contribution in [3.8, 4) is 5.82 Å². The summed E-state index contributed by atoms with van der Waals surface area (Å²) >= 11 is 0. The van der Waals surface area contributed by atoms with Crippen LogP contribution in [0, 0.1) is 0 Å². The van der Waals surface area contributed by atoms with Crippen LogP contribution in [-0.2, 0) is 17.4 Å². The first-order chi connectivity index (χ1) is 13.4. The van der Waals surface area contributed by atoms with E-state index in [0.29, 0.717) is 17.1 Å². The van der Waals surface area contributed by atoms with Crippen LogP contribution in [0.3, 0.4) is 0 Å². The molecule has 6 nitrogen and oxygen atoms in total. The first kappa shape index (κ1) is 18.1. The van der Waals surface area contributed by atoms with Crippen LogP contribution < -0.4 is 5.32 Å². The van der Waals surface area contributed by atoms with Gasteiger partial charge in [0.25, 0.3) is 0 Å². The van der Waals surface area contributed by atoms with Gasteiger partial charge < -0.3 is 5.32 Å². The molecular formula is C19H16F3N5O. The van der Waals surface area contributed by atoms with Crippen molar-refractivity contribution in [2.45, 2.75) is 31.4 Å². The number of hydrogen-bond acceptors (Lipinski definition) is 4. The van der Waals surface area contributed by atoms with Gasteiger partial charge >= 0.3 is 6.18 Å². The highest BCUT2D eigenvalue weighted by atomic mass is 19.4. The standard InChI is InChI=1S/C19H16F3N5O/c20-19(21,22)16-10-15(12-4-5-12)27(26-16)17-7-6-14(11-24-17)25-18(28)9-13-3-1-2-8-23-13/h1-3,6-8,10-12H,4-5,9H2,(H,25,28). The van der Waals surface area contributed by atoms with Crippen LogP contribution in [-0.4, -0.2) is 25.7 Å². The topological polar surface area (TPSA) is 72.7 Å². The molecule has 4 rings (SSSR count). The molecule has 1 fully saturated rings. The molecule has 144 valence electrons. The van der Waals surface area contributed by atoms with Crippen molar-refractivity contribution >= 4 is 11.6 Å². The first-order valence-corrected chi connectivity index (χ1v) is 8.73. The molecule has 0 radical (unpaired) electrons. The average Bonchev–Trinajstić information content (AvgIpc) is 3.40. The lowest BCUT2D eigenvalue weighted by Crippen LogP contribution is -2.15. The van der Waals surface area contributed by atoms with Crippen LogP contribution >= 0.6 is 0 Å². The molecular weight excluding hydrogens is 371 g/mol. The van der Waals surface area contributed by atoms with Gasteiger partial charge in [0.15, 0.2) is 11.5 Å². The molecule has 0 saturated heterocycles. The fourth-order valence-corrected chi connectivity index (χ4v) is 2.85. The molecule has 3 aromatic heterocycles. The highest BCUT2D eigenvalue weighted by Gasteiger charge is 2.38. The number of anilines is 1. The Morgan fingerprint density at radius 2 is 2.00 bits per heavy atom. The Labute approximate surface area is 158 Å². The number of alkyl halides is 3. The van der Waals surface area contributed by atoms with Crippen molar-refractivity contribution in [3.63, 3.8) is 0 Å². The molecule has 1 amide bonds. The fraction of sp³-hybridized carbons (Fsp3) is 0.263. The van der Waals surface area contributed by atoms with Crippen LogP contribution in [0.1, 0.15) is 35.8 Å². The largest absolute Gasteiger partial charge is 0.435 e. The van der Waals surface area contributed by atoms with Gasteiger partial charge in [-0.2, -0.15) is 18.3 Å². The maximum Gasteiger partial charge on any atom is 0.435 e. The van der Waals surface area contributed by atoms with Crippen molar-refractivity contribution in [1.82, 2.24) is 19.7 Å². The average molecular weight is 387 g/mol. The molecule has 1 saturated carbocycles. The zero-order chi connectivity index (χ0) is 19.7. The lowest BCUT2D eigenvalue weighted by Gasteiger charge is -2.08. The maximum atomic E-state index is 13.0. The third-order valence-corrected chi connectivity index (χ3v) is 4.34. The normalized spacial score (nSPS) is 14.1. The molecule has 3 aromatic rings.